The van der Waals surface area contributed by atoms with Crippen molar-refractivity contribution < 1.29 is 19.1 Å². The summed E-state index contributed by atoms with van der Waals surface area (Å²) in [5.41, 5.74) is 4.26. The lowest BCUT2D eigenvalue weighted by Crippen LogP contribution is -2.50. The minimum atomic E-state index is -0.775. The molecule has 7 heteroatoms. The number of hydrogen-bond acceptors (Lipinski definition) is 4. The number of likely N-dealkylation sites (tertiary alicyclic amines) is 1. The van der Waals surface area contributed by atoms with Gasteiger partial charge in [-0.3, -0.25) is 19.3 Å². The second kappa shape index (κ2) is 6.74. The Morgan fingerprint density at radius 3 is 2.16 bits per heavy atom. The highest BCUT2D eigenvalue weighted by atomic mass is 79.9. The van der Waals surface area contributed by atoms with Crippen molar-refractivity contribution in [3.8, 4) is 0 Å². The van der Waals surface area contributed by atoms with E-state index in [1.807, 2.05) is 36.4 Å². The first kappa shape index (κ1) is 19.2. The van der Waals surface area contributed by atoms with Crippen LogP contribution in [0.4, 0.5) is 0 Å². The van der Waals surface area contributed by atoms with Gasteiger partial charge in [-0.2, -0.15) is 0 Å². The molecule has 158 valence electrons. The maximum Gasteiger partial charge on any atom is 0.242 e. The molecule has 5 aliphatic rings. The molecule has 0 N–H and O–H groups in total. The van der Waals surface area contributed by atoms with Gasteiger partial charge in [-0.15, -0.1) is 0 Å². The van der Waals surface area contributed by atoms with E-state index in [2.05, 4.69) is 28.1 Å². The molecule has 2 bridgehead atoms. The third kappa shape index (κ3) is 2.44. The molecular weight excluding hydrogens is 460 g/mol. The highest BCUT2D eigenvalue weighted by Crippen LogP contribution is 2.66. The fourth-order valence-electron chi connectivity index (χ4n) is 5.94. The molecule has 2 heterocycles. The van der Waals surface area contributed by atoms with E-state index in [1.54, 1.807) is 4.90 Å². The van der Waals surface area contributed by atoms with Crippen molar-refractivity contribution in [1.82, 2.24) is 9.80 Å². The van der Waals surface area contributed by atoms with Gasteiger partial charge in [-0.05, 0) is 22.3 Å². The van der Waals surface area contributed by atoms with E-state index >= 15 is 0 Å². The predicted molar refractivity (Wildman–Crippen MR) is 116 cm³/mol. The van der Waals surface area contributed by atoms with Crippen LogP contribution in [0.2, 0.25) is 0 Å². The molecule has 2 atom stereocenters. The molecule has 7 rings (SSSR count). The number of benzene rings is 2. The van der Waals surface area contributed by atoms with Crippen molar-refractivity contribution in [2.45, 2.75) is 10.2 Å². The number of nitrogens with zero attached hydrogens (tertiary/aromatic N) is 2. The van der Waals surface area contributed by atoms with Crippen LogP contribution in [0.3, 0.4) is 0 Å². The summed E-state index contributed by atoms with van der Waals surface area (Å²) in [6, 6.07) is 16.1. The number of hydrogen-bond donors (Lipinski definition) is 0. The number of rotatable bonds is 2. The molecule has 3 aliphatic carbocycles. The van der Waals surface area contributed by atoms with Gasteiger partial charge in [0.05, 0.1) is 29.4 Å². The van der Waals surface area contributed by atoms with Gasteiger partial charge in [0.1, 0.15) is 6.54 Å². The number of halogens is 1. The van der Waals surface area contributed by atoms with Gasteiger partial charge in [0.15, 0.2) is 0 Å². The maximum atomic E-state index is 13.7. The summed E-state index contributed by atoms with van der Waals surface area (Å²) in [7, 11) is 0. The summed E-state index contributed by atoms with van der Waals surface area (Å²) in [4.78, 5) is 43.0. The first-order chi connectivity index (χ1) is 15.0. The van der Waals surface area contributed by atoms with E-state index in [0.717, 1.165) is 22.3 Å². The van der Waals surface area contributed by atoms with Gasteiger partial charge >= 0.3 is 0 Å². The fourth-order valence-corrected chi connectivity index (χ4v) is 7.15. The van der Waals surface area contributed by atoms with Crippen molar-refractivity contribution in [2.75, 3.05) is 32.8 Å². The Balaban J connectivity index is 1.43. The van der Waals surface area contributed by atoms with Gasteiger partial charge in [0.25, 0.3) is 0 Å². The van der Waals surface area contributed by atoms with E-state index in [-0.39, 0.29) is 30.2 Å². The third-order valence-corrected chi connectivity index (χ3v) is 8.61. The van der Waals surface area contributed by atoms with Crippen LogP contribution in [0.15, 0.2) is 48.5 Å². The molecule has 0 aromatic heterocycles. The molecule has 0 saturated carbocycles. The summed E-state index contributed by atoms with van der Waals surface area (Å²) in [6.45, 7) is 1.74. The Labute approximate surface area is 188 Å². The van der Waals surface area contributed by atoms with Crippen molar-refractivity contribution in [2.24, 2.45) is 11.8 Å². The highest BCUT2D eigenvalue weighted by Gasteiger charge is 2.67. The van der Waals surface area contributed by atoms with Crippen LogP contribution in [0.1, 0.15) is 28.2 Å². The van der Waals surface area contributed by atoms with Crippen molar-refractivity contribution in [3.63, 3.8) is 0 Å². The minimum absolute atomic E-state index is 0.184. The van der Waals surface area contributed by atoms with Crippen LogP contribution >= 0.6 is 15.9 Å². The Hall–Kier alpha value is -2.51. The first-order valence-corrected chi connectivity index (χ1v) is 11.4. The maximum absolute atomic E-state index is 13.7. The number of morpholine rings is 1. The van der Waals surface area contributed by atoms with E-state index in [0.29, 0.717) is 26.3 Å². The Morgan fingerprint density at radius 1 is 0.968 bits per heavy atom. The van der Waals surface area contributed by atoms with Crippen LogP contribution in [-0.4, -0.2) is 60.4 Å². The number of imide groups is 1. The summed E-state index contributed by atoms with van der Waals surface area (Å²) >= 11 is 3.96. The molecule has 0 radical (unpaired) electrons. The molecule has 2 saturated heterocycles. The van der Waals surface area contributed by atoms with E-state index < -0.39 is 16.2 Å². The van der Waals surface area contributed by atoms with E-state index in [1.165, 1.54) is 4.90 Å². The van der Waals surface area contributed by atoms with Crippen LogP contribution in [0.25, 0.3) is 0 Å². The van der Waals surface area contributed by atoms with Crippen LogP contribution in [-0.2, 0) is 23.4 Å². The predicted octanol–water partition coefficient (Wildman–Crippen LogP) is 2.24. The summed E-state index contributed by atoms with van der Waals surface area (Å²) in [5.74, 6) is -1.95. The van der Waals surface area contributed by atoms with Gasteiger partial charge in [-0.1, -0.05) is 64.5 Å². The van der Waals surface area contributed by atoms with Crippen LogP contribution in [0, 0.1) is 11.8 Å². The number of alkyl halides is 1. The lowest BCUT2D eigenvalue weighted by molar-refractivity contribution is -0.148. The quantitative estimate of drug-likeness (QED) is 0.488. The van der Waals surface area contributed by atoms with Crippen LogP contribution < -0.4 is 0 Å². The Bertz CT molecular complexity index is 1080. The SMILES string of the molecule is O=C(CN1C(=O)[C@@H]2C3c4ccccc4C(Br)(c4ccccc43)[C@@H]2C1=O)N1CCOCC1. The van der Waals surface area contributed by atoms with E-state index in [4.69, 9.17) is 4.74 Å². The van der Waals surface area contributed by atoms with Gasteiger partial charge in [-0.25, -0.2) is 0 Å². The lowest BCUT2D eigenvalue weighted by Gasteiger charge is -2.51. The van der Waals surface area contributed by atoms with Crippen molar-refractivity contribution >= 4 is 33.7 Å². The number of carbonyl (C=O) groups excluding carboxylic acids is 3. The highest BCUT2D eigenvalue weighted by molar-refractivity contribution is 9.09. The molecule has 0 spiro atoms. The monoisotopic (exact) mass is 480 g/mol. The van der Waals surface area contributed by atoms with Crippen LogP contribution in [0.5, 0.6) is 0 Å². The van der Waals surface area contributed by atoms with Gasteiger partial charge in [0, 0.05) is 19.0 Å². The second-order valence-corrected chi connectivity index (χ2v) is 9.87. The molecule has 6 nitrogen and oxygen atoms in total. The summed E-state index contributed by atoms with van der Waals surface area (Å²) in [5, 5.41) is 0. The fraction of sp³-hybridized carbons (Fsp3) is 0.375. The summed E-state index contributed by atoms with van der Waals surface area (Å²) in [6.07, 6.45) is 0. The average molecular weight is 481 g/mol. The van der Waals surface area contributed by atoms with E-state index in [9.17, 15) is 14.4 Å². The third-order valence-electron chi connectivity index (χ3n) is 7.26. The number of ether oxygens (including phenoxy) is 1. The number of amides is 3. The van der Waals surface area contributed by atoms with Crippen molar-refractivity contribution in [1.29, 1.82) is 0 Å². The zero-order valence-electron chi connectivity index (χ0n) is 16.8. The number of carbonyl (C=O) groups is 3. The Kier molecular flexibility index (Phi) is 4.17. The standard InChI is InChI=1S/C24H21BrN2O4/c25-24-16-7-3-1-5-14(16)19(15-6-2-4-8-17(15)24)20-21(24)23(30)27(22(20)29)13-18(28)26-9-11-31-12-10-26/h1-8,19-21H,9-13H2/t19?,20-,21+,24?/m1/s1. The summed E-state index contributed by atoms with van der Waals surface area (Å²) < 4.78 is 4.54. The Morgan fingerprint density at radius 2 is 1.55 bits per heavy atom. The average Bonchev–Trinajstić information content (AvgIpc) is 3.06. The molecule has 2 fully saturated rings. The molecule has 2 aliphatic heterocycles. The normalized spacial score (nSPS) is 30.8. The zero-order chi connectivity index (χ0) is 21.3. The molecule has 2 aromatic rings. The second-order valence-electron chi connectivity index (χ2n) is 8.62. The van der Waals surface area contributed by atoms with Gasteiger partial charge in [0.2, 0.25) is 17.7 Å². The first-order valence-electron chi connectivity index (χ1n) is 10.6. The largest absolute Gasteiger partial charge is 0.378 e. The molecular formula is C24H21BrN2O4. The van der Waals surface area contributed by atoms with Crippen molar-refractivity contribution in [3.05, 3.63) is 70.8 Å². The zero-order valence-corrected chi connectivity index (χ0v) is 18.4. The molecule has 3 amide bonds. The smallest absolute Gasteiger partial charge is 0.242 e. The lowest BCUT2D eigenvalue weighted by atomic mass is 9.55. The molecule has 0 unspecified atom stereocenters. The molecule has 2 aromatic carbocycles. The minimum Gasteiger partial charge on any atom is -0.378 e. The topological polar surface area (TPSA) is 66.9 Å². The van der Waals surface area contributed by atoms with Gasteiger partial charge < -0.3 is 9.64 Å². The molecule has 31 heavy (non-hydrogen) atoms.